The number of ether oxygens (including phenoxy) is 2. The molecule has 1 heterocycles. The molecule has 0 spiro atoms. The molecule has 0 bridgehead atoms. The SMILES string of the molecule is COc1ccc(OC)c(-c2csc(CC(=O)O)n2)c1. The van der Waals surface area contributed by atoms with Gasteiger partial charge in [-0.15, -0.1) is 11.3 Å². The Labute approximate surface area is 114 Å². The molecule has 0 unspecified atom stereocenters. The molecule has 100 valence electrons. The Bertz CT molecular complexity index is 594. The molecule has 0 aliphatic carbocycles. The van der Waals surface area contributed by atoms with Crippen molar-refractivity contribution >= 4 is 17.3 Å². The van der Waals surface area contributed by atoms with E-state index in [2.05, 4.69) is 4.98 Å². The highest BCUT2D eigenvalue weighted by Crippen LogP contribution is 2.33. The molecule has 6 heteroatoms. The lowest BCUT2D eigenvalue weighted by atomic mass is 10.1. The van der Waals surface area contributed by atoms with Gasteiger partial charge in [0.1, 0.15) is 16.5 Å². The second-order valence-electron chi connectivity index (χ2n) is 3.76. The molecular formula is C13H13NO4S. The summed E-state index contributed by atoms with van der Waals surface area (Å²) in [6.45, 7) is 0. The van der Waals surface area contributed by atoms with E-state index in [-0.39, 0.29) is 6.42 Å². The van der Waals surface area contributed by atoms with Crippen molar-refractivity contribution in [2.24, 2.45) is 0 Å². The fraction of sp³-hybridized carbons (Fsp3) is 0.231. The number of carboxylic acids is 1. The largest absolute Gasteiger partial charge is 0.497 e. The first-order valence-electron chi connectivity index (χ1n) is 5.52. The summed E-state index contributed by atoms with van der Waals surface area (Å²) in [5.41, 5.74) is 1.48. The Morgan fingerprint density at radius 3 is 2.79 bits per heavy atom. The van der Waals surface area contributed by atoms with E-state index in [9.17, 15) is 4.79 Å². The number of hydrogen-bond donors (Lipinski definition) is 1. The molecule has 0 saturated heterocycles. The molecule has 0 aliphatic heterocycles. The smallest absolute Gasteiger partial charge is 0.310 e. The minimum atomic E-state index is -0.890. The summed E-state index contributed by atoms with van der Waals surface area (Å²) < 4.78 is 10.5. The zero-order chi connectivity index (χ0) is 13.8. The van der Waals surface area contributed by atoms with Crippen LogP contribution in [0.4, 0.5) is 0 Å². The van der Waals surface area contributed by atoms with Crippen molar-refractivity contribution in [2.75, 3.05) is 14.2 Å². The Kier molecular flexibility index (Phi) is 4.01. The average Bonchev–Trinajstić information content (AvgIpc) is 2.85. The quantitative estimate of drug-likeness (QED) is 0.910. The minimum Gasteiger partial charge on any atom is -0.497 e. The van der Waals surface area contributed by atoms with Gasteiger partial charge in [0, 0.05) is 10.9 Å². The molecule has 1 aromatic carbocycles. The zero-order valence-electron chi connectivity index (χ0n) is 10.5. The molecule has 0 saturated carbocycles. The standard InChI is InChI=1S/C13H13NO4S/c1-17-8-3-4-11(18-2)9(5-8)10-7-19-12(14-10)6-13(15)16/h3-5,7H,6H2,1-2H3,(H,15,16). The predicted molar refractivity (Wildman–Crippen MR) is 72.0 cm³/mol. The summed E-state index contributed by atoms with van der Waals surface area (Å²) in [6, 6.07) is 5.41. The van der Waals surface area contributed by atoms with Crippen LogP contribution < -0.4 is 9.47 Å². The van der Waals surface area contributed by atoms with Crippen molar-refractivity contribution in [3.8, 4) is 22.8 Å². The molecule has 2 rings (SSSR count). The number of hydrogen-bond acceptors (Lipinski definition) is 5. The first-order chi connectivity index (χ1) is 9.13. The summed E-state index contributed by atoms with van der Waals surface area (Å²) in [5.74, 6) is 0.482. The molecular weight excluding hydrogens is 266 g/mol. The third kappa shape index (κ3) is 3.03. The Morgan fingerprint density at radius 1 is 1.37 bits per heavy atom. The van der Waals surface area contributed by atoms with Gasteiger partial charge in [0.05, 0.1) is 26.3 Å². The topological polar surface area (TPSA) is 68.7 Å². The van der Waals surface area contributed by atoms with Gasteiger partial charge in [0.15, 0.2) is 0 Å². The fourth-order valence-electron chi connectivity index (χ4n) is 1.66. The maximum Gasteiger partial charge on any atom is 0.310 e. The fourth-order valence-corrected chi connectivity index (χ4v) is 2.44. The van der Waals surface area contributed by atoms with Crippen LogP contribution in [0.5, 0.6) is 11.5 Å². The van der Waals surface area contributed by atoms with Crippen molar-refractivity contribution in [1.82, 2.24) is 4.98 Å². The molecule has 1 aromatic heterocycles. The van der Waals surface area contributed by atoms with Gasteiger partial charge in [-0.25, -0.2) is 4.98 Å². The Morgan fingerprint density at radius 2 is 2.16 bits per heavy atom. The van der Waals surface area contributed by atoms with Gasteiger partial charge < -0.3 is 14.6 Å². The van der Waals surface area contributed by atoms with Crippen molar-refractivity contribution in [3.63, 3.8) is 0 Å². The maximum absolute atomic E-state index is 10.7. The molecule has 0 fully saturated rings. The number of methoxy groups -OCH3 is 2. The number of carbonyl (C=O) groups is 1. The highest BCUT2D eigenvalue weighted by Gasteiger charge is 2.12. The summed E-state index contributed by atoms with van der Waals surface area (Å²) in [4.78, 5) is 15.0. The molecule has 1 N–H and O–H groups in total. The van der Waals surface area contributed by atoms with Gasteiger partial charge in [-0.3, -0.25) is 4.79 Å². The van der Waals surface area contributed by atoms with Gasteiger partial charge in [-0.1, -0.05) is 0 Å². The molecule has 0 aliphatic rings. The van der Waals surface area contributed by atoms with E-state index in [0.717, 1.165) is 5.56 Å². The van der Waals surface area contributed by atoms with Gasteiger partial charge in [0.2, 0.25) is 0 Å². The van der Waals surface area contributed by atoms with E-state index in [4.69, 9.17) is 14.6 Å². The normalized spacial score (nSPS) is 10.2. The number of nitrogens with zero attached hydrogens (tertiary/aromatic N) is 1. The Balaban J connectivity index is 2.39. The van der Waals surface area contributed by atoms with Crippen LogP contribution in [0.1, 0.15) is 5.01 Å². The van der Waals surface area contributed by atoms with Crippen LogP contribution >= 0.6 is 11.3 Å². The van der Waals surface area contributed by atoms with E-state index in [1.807, 2.05) is 11.4 Å². The van der Waals surface area contributed by atoms with Crippen LogP contribution in [0, 0.1) is 0 Å². The number of thiazole rings is 1. The number of aromatic nitrogens is 1. The van der Waals surface area contributed by atoms with Gasteiger partial charge >= 0.3 is 5.97 Å². The summed E-state index contributed by atoms with van der Waals surface area (Å²) >= 11 is 1.32. The highest BCUT2D eigenvalue weighted by atomic mass is 32.1. The second kappa shape index (κ2) is 5.71. The minimum absolute atomic E-state index is 0.0725. The van der Waals surface area contributed by atoms with Gasteiger partial charge in [-0.05, 0) is 18.2 Å². The number of carboxylic acid groups (broad SMARTS) is 1. The predicted octanol–water partition coefficient (Wildman–Crippen LogP) is 2.45. The Hall–Kier alpha value is -2.08. The van der Waals surface area contributed by atoms with Crippen molar-refractivity contribution in [1.29, 1.82) is 0 Å². The van der Waals surface area contributed by atoms with E-state index in [0.29, 0.717) is 22.2 Å². The lowest BCUT2D eigenvalue weighted by Gasteiger charge is -2.08. The summed E-state index contributed by atoms with van der Waals surface area (Å²) in [7, 11) is 3.17. The van der Waals surface area contributed by atoms with Crippen LogP contribution in [0.25, 0.3) is 11.3 Å². The molecule has 19 heavy (non-hydrogen) atoms. The van der Waals surface area contributed by atoms with E-state index in [1.165, 1.54) is 11.3 Å². The maximum atomic E-state index is 10.7. The molecule has 0 atom stereocenters. The zero-order valence-corrected chi connectivity index (χ0v) is 11.4. The molecule has 5 nitrogen and oxygen atoms in total. The number of rotatable bonds is 5. The van der Waals surface area contributed by atoms with Crippen LogP contribution in [0.15, 0.2) is 23.6 Å². The number of aliphatic carboxylic acids is 1. The van der Waals surface area contributed by atoms with E-state index < -0.39 is 5.97 Å². The van der Waals surface area contributed by atoms with Crippen LogP contribution in [-0.2, 0) is 11.2 Å². The molecule has 0 amide bonds. The average molecular weight is 279 g/mol. The van der Waals surface area contributed by atoms with Gasteiger partial charge in [0.25, 0.3) is 0 Å². The lowest BCUT2D eigenvalue weighted by molar-refractivity contribution is -0.136. The van der Waals surface area contributed by atoms with Crippen LogP contribution in [0.2, 0.25) is 0 Å². The third-order valence-corrected chi connectivity index (χ3v) is 3.39. The molecule has 2 aromatic rings. The lowest BCUT2D eigenvalue weighted by Crippen LogP contribution is -1.99. The molecule has 0 radical (unpaired) electrons. The highest BCUT2D eigenvalue weighted by molar-refractivity contribution is 7.10. The van der Waals surface area contributed by atoms with E-state index in [1.54, 1.807) is 26.4 Å². The summed E-state index contributed by atoms with van der Waals surface area (Å²) in [6.07, 6.45) is -0.0725. The third-order valence-electron chi connectivity index (χ3n) is 2.54. The van der Waals surface area contributed by atoms with Gasteiger partial charge in [-0.2, -0.15) is 0 Å². The first-order valence-corrected chi connectivity index (χ1v) is 6.40. The van der Waals surface area contributed by atoms with E-state index >= 15 is 0 Å². The van der Waals surface area contributed by atoms with Crippen molar-refractivity contribution in [3.05, 3.63) is 28.6 Å². The van der Waals surface area contributed by atoms with Crippen molar-refractivity contribution < 1.29 is 19.4 Å². The van der Waals surface area contributed by atoms with Crippen molar-refractivity contribution in [2.45, 2.75) is 6.42 Å². The second-order valence-corrected chi connectivity index (χ2v) is 4.71. The van der Waals surface area contributed by atoms with Crippen LogP contribution in [0.3, 0.4) is 0 Å². The number of benzene rings is 1. The van der Waals surface area contributed by atoms with Crippen LogP contribution in [-0.4, -0.2) is 30.3 Å². The first kappa shape index (κ1) is 13.4. The summed E-state index contributed by atoms with van der Waals surface area (Å²) in [5, 5.41) is 11.1. The monoisotopic (exact) mass is 279 g/mol.